The van der Waals surface area contributed by atoms with Gasteiger partial charge in [0.25, 0.3) is 0 Å². The molecular weight excluding hydrogens is 212 g/mol. The van der Waals surface area contributed by atoms with Gasteiger partial charge in [0.05, 0.1) is 5.75 Å². The van der Waals surface area contributed by atoms with E-state index >= 15 is 0 Å². The second kappa shape index (κ2) is 4.80. The van der Waals surface area contributed by atoms with Gasteiger partial charge in [-0.25, -0.2) is 13.1 Å². The first kappa shape index (κ1) is 12.9. The molecule has 1 heterocycles. The summed E-state index contributed by atoms with van der Waals surface area (Å²) in [5.41, 5.74) is -0.368. The maximum Gasteiger partial charge on any atom is 0.212 e. The van der Waals surface area contributed by atoms with E-state index in [1.54, 1.807) is 0 Å². The fourth-order valence-electron chi connectivity index (χ4n) is 1.80. The minimum Gasteiger partial charge on any atom is -0.316 e. The summed E-state index contributed by atoms with van der Waals surface area (Å²) in [4.78, 5) is 0. The van der Waals surface area contributed by atoms with E-state index in [1.807, 2.05) is 20.8 Å². The molecule has 0 aromatic heterocycles. The highest BCUT2D eigenvalue weighted by Crippen LogP contribution is 2.13. The van der Waals surface area contributed by atoms with Crippen LogP contribution in [0.25, 0.3) is 0 Å². The molecule has 1 fully saturated rings. The molecule has 1 rings (SSSR count). The molecule has 0 spiro atoms. The summed E-state index contributed by atoms with van der Waals surface area (Å²) in [6.45, 7) is 7.58. The molecule has 5 heteroatoms. The van der Waals surface area contributed by atoms with Crippen molar-refractivity contribution in [2.45, 2.75) is 39.2 Å². The lowest BCUT2D eigenvalue weighted by atomic mass is 10.1. The van der Waals surface area contributed by atoms with Crippen LogP contribution < -0.4 is 10.0 Å². The third kappa shape index (κ3) is 5.49. The minimum atomic E-state index is -3.10. The van der Waals surface area contributed by atoms with Gasteiger partial charge in [0.2, 0.25) is 10.0 Å². The molecule has 0 amide bonds. The zero-order chi connectivity index (χ0) is 11.5. The highest BCUT2D eigenvalue weighted by molar-refractivity contribution is 7.89. The number of rotatable bonds is 4. The normalized spacial score (nSPS) is 23.3. The largest absolute Gasteiger partial charge is 0.316 e. The Morgan fingerprint density at radius 3 is 2.53 bits per heavy atom. The summed E-state index contributed by atoms with van der Waals surface area (Å²) in [5.74, 6) is 0.776. The average Bonchev–Trinajstić information content (AvgIpc) is 2.47. The number of hydrogen-bond acceptors (Lipinski definition) is 3. The van der Waals surface area contributed by atoms with Crippen molar-refractivity contribution < 1.29 is 8.42 Å². The van der Waals surface area contributed by atoms with Crippen LogP contribution in [-0.4, -0.2) is 32.8 Å². The van der Waals surface area contributed by atoms with E-state index in [4.69, 9.17) is 0 Å². The van der Waals surface area contributed by atoms with E-state index in [9.17, 15) is 8.42 Å². The fourth-order valence-corrected chi connectivity index (χ4v) is 3.48. The van der Waals surface area contributed by atoms with Gasteiger partial charge in [-0.15, -0.1) is 0 Å². The van der Waals surface area contributed by atoms with Crippen molar-refractivity contribution in [1.29, 1.82) is 0 Å². The molecule has 2 N–H and O–H groups in total. The van der Waals surface area contributed by atoms with Crippen LogP contribution in [0.2, 0.25) is 0 Å². The Hall–Kier alpha value is -0.130. The first-order valence-electron chi connectivity index (χ1n) is 5.51. The van der Waals surface area contributed by atoms with Crippen LogP contribution in [0.1, 0.15) is 33.6 Å². The average molecular weight is 234 g/mol. The highest BCUT2D eigenvalue weighted by Gasteiger charge is 2.22. The fraction of sp³-hybridized carbons (Fsp3) is 1.00. The van der Waals surface area contributed by atoms with Crippen molar-refractivity contribution >= 4 is 10.0 Å². The maximum absolute atomic E-state index is 11.7. The van der Waals surface area contributed by atoms with Crippen LogP contribution in [0.5, 0.6) is 0 Å². The zero-order valence-electron chi connectivity index (χ0n) is 9.84. The molecule has 0 bridgehead atoms. The van der Waals surface area contributed by atoms with E-state index in [2.05, 4.69) is 10.0 Å². The van der Waals surface area contributed by atoms with Crippen molar-refractivity contribution in [3.05, 3.63) is 0 Å². The second-order valence-corrected chi connectivity index (χ2v) is 7.16. The van der Waals surface area contributed by atoms with Gasteiger partial charge >= 0.3 is 0 Å². The molecular formula is C10H22N2O2S. The first-order chi connectivity index (χ1) is 6.79. The zero-order valence-corrected chi connectivity index (χ0v) is 10.7. The number of hydrogen-bond donors (Lipinski definition) is 2. The second-order valence-electron chi connectivity index (χ2n) is 5.32. The highest BCUT2D eigenvalue weighted by atomic mass is 32.2. The molecule has 0 radical (unpaired) electrons. The summed E-state index contributed by atoms with van der Waals surface area (Å²) >= 11 is 0. The SMILES string of the molecule is CC(C)(C)NS(=O)(=O)CCC1CCNC1. The van der Waals surface area contributed by atoms with Gasteiger partial charge in [-0.2, -0.15) is 0 Å². The molecule has 4 nitrogen and oxygen atoms in total. The Morgan fingerprint density at radius 2 is 2.07 bits per heavy atom. The van der Waals surface area contributed by atoms with Gasteiger partial charge in [-0.05, 0) is 52.6 Å². The third-order valence-electron chi connectivity index (χ3n) is 2.42. The summed E-state index contributed by atoms with van der Waals surface area (Å²) in [6, 6.07) is 0. The molecule has 15 heavy (non-hydrogen) atoms. The van der Waals surface area contributed by atoms with Crippen LogP contribution >= 0.6 is 0 Å². The third-order valence-corrected chi connectivity index (χ3v) is 4.12. The lowest BCUT2D eigenvalue weighted by Gasteiger charge is -2.20. The molecule has 1 unspecified atom stereocenters. The molecule has 1 aliphatic rings. The number of nitrogens with one attached hydrogen (secondary N) is 2. The summed E-state index contributed by atoms with van der Waals surface area (Å²) in [7, 11) is -3.10. The Balaban J connectivity index is 2.36. The molecule has 0 aliphatic carbocycles. The van der Waals surface area contributed by atoms with Gasteiger partial charge in [-0.1, -0.05) is 0 Å². The van der Waals surface area contributed by atoms with Crippen molar-refractivity contribution in [2.75, 3.05) is 18.8 Å². The predicted molar refractivity (Wildman–Crippen MR) is 62.3 cm³/mol. The standard InChI is InChI=1S/C10H22N2O2S/c1-10(2,3)12-15(13,14)7-5-9-4-6-11-8-9/h9,11-12H,4-8H2,1-3H3. The summed E-state index contributed by atoms with van der Waals surface area (Å²) < 4.78 is 26.0. The van der Waals surface area contributed by atoms with Crippen molar-refractivity contribution in [3.8, 4) is 0 Å². The van der Waals surface area contributed by atoms with Gasteiger partial charge in [0, 0.05) is 5.54 Å². The smallest absolute Gasteiger partial charge is 0.212 e. The van der Waals surface area contributed by atoms with Crippen LogP contribution in [-0.2, 0) is 10.0 Å². The molecule has 0 aromatic rings. The quantitative estimate of drug-likeness (QED) is 0.753. The molecule has 0 saturated carbocycles. The van der Waals surface area contributed by atoms with Crippen LogP contribution in [0.3, 0.4) is 0 Å². The van der Waals surface area contributed by atoms with E-state index in [0.717, 1.165) is 25.9 Å². The lowest BCUT2D eigenvalue weighted by molar-refractivity contribution is 0.483. The minimum absolute atomic E-state index is 0.247. The number of sulfonamides is 1. The van der Waals surface area contributed by atoms with Crippen LogP contribution in [0.15, 0.2) is 0 Å². The van der Waals surface area contributed by atoms with Gasteiger partial charge in [0.15, 0.2) is 0 Å². The Morgan fingerprint density at radius 1 is 1.40 bits per heavy atom. The Bertz CT molecular complexity index is 287. The molecule has 1 atom stereocenters. The van der Waals surface area contributed by atoms with Crippen molar-refractivity contribution in [3.63, 3.8) is 0 Å². The molecule has 1 aliphatic heterocycles. The molecule has 0 aromatic carbocycles. The van der Waals surface area contributed by atoms with Gasteiger partial charge in [-0.3, -0.25) is 0 Å². The van der Waals surface area contributed by atoms with Gasteiger partial charge in [0.1, 0.15) is 0 Å². The molecule has 1 saturated heterocycles. The predicted octanol–water partition coefficient (Wildman–Crippen LogP) is 0.704. The Kier molecular flexibility index (Phi) is 4.14. The topological polar surface area (TPSA) is 58.2 Å². The van der Waals surface area contributed by atoms with E-state index < -0.39 is 10.0 Å². The van der Waals surface area contributed by atoms with Gasteiger partial charge < -0.3 is 5.32 Å². The van der Waals surface area contributed by atoms with E-state index in [-0.39, 0.29) is 11.3 Å². The van der Waals surface area contributed by atoms with E-state index in [0.29, 0.717) is 5.92 Å². The van der Waals surface area contributed by atoms with E-state index in [1.165, 1.54) is 0 Å². The van der Waals surface area contributed by atoms with Crippen molar-refractivity contribution in [1.82, 2.24) is 10.0 Å². The summed E-state index contributed by atoms with van der Waals surface area (Å²) in [5, 5.41) is 3.24. The van der Waals surface area contributed by atoms with Crippen LogP contribution in [0, 0.1) is 5.92 Å². The van der Waals surface area contributed by atoms with Crippen LogP contribution in [0.4, 0.5) is 0 Å². The monoisotopic (exact) mass is 234 g/mol. The maximum atomic E-state index is 11.7. The lowest BCUT2D eigenvalue weighted by Crippen LogP contribution is -2.42. The first-order valence-corrected chi connectivity index (χ1v) is 7.16. The molecule has 90 valence electrons. The summed E-state index contributed by atoms with van der Waals surface area (Å²) in [6.07, 6.45) is 1.86. The Labute approximate surface area is 92.9 Å². The van der Waals surface area contributed by atoms with Crippen molar-refractivity contribution in [2.24, 2.45) is 5.92 Å².